The minimum Gasteiger partial charge on any atom is -0.302 e. The molecule has 1 amide bonds. The lowest BCUT2D eigenvalue weighted by atomic mass is 10.2. The normalized spacial score (nSPS) is 10.8. The van der Waals surface area contributed by atoms with E-state index in [1.165, 1.54) is 16.8 Å². The molecule has 1 N–H and O–H groups in total. The van der Waals surface area contributed by atoms with Gasteiger partial charge in [0, 0.05) is 13.2 Å². The minimum atomic E-state index is -0.341. The molecule has 1 aromatic carbocycles. The zero-order valence-electron chi connectivity index (χ0n) is 13.1. The van der Waals surface area contributed by atoms with Gasteiger partial charge in [-0.2, -0.15) is 10.2 Å². The van der Waals surface area contributed by atoms with Crippen LogP contribution in [0, 0.1) is 12.7 Å². The van der Waals surface area contributed by atoms with Crippen LogP contribution in [0.1, 0.15) is 21.7 Å². The summed E-state index contributed by atoms with van der Waals surface area (Å²) in [5.74, 6) is -0.369. The van der Waals surface area contributed by atoms with E-state index in [-0.39, 0.29) is 17.5 Å². The lowest BCUT2D eigenvalue weighted by Crippen LogP contribution is -2.16. The highest BCUT2D eigenvalue weighted by atomic mass is 35.5. The Kier molecular flexibility index (Phi) is 4.35. The van der Waals surface area contributed by atoms with E-state index in [9.17, 15) is 9.18 Å². The Hall–Kier alpha value is -2.67. The molecule has 0 saturated heterocycles. The lowest BCUT2D eigenvalue weighted by Gasteiger charge is -2.03. The number of benzene rings is 1. The van der Waals surface area contributed by atoms with E-state index < -0.39 is 0 Å². The van der Waals surface area contributed by atoms with Crippen molar-refractivity contribution in [3.8, 4) is 0 Å². The molecule has 0 aliphatic rings. The number of hydrogen-bond acceptors (Lipinski definition) is 3. The van der Waals surface area contributed by atoms with Crippen LogP contribution in [0.3, 0.4) is 0 Å². The molecule has 0 aliphatic carbocycles. The van der Waals surface area contributed by atoms with E-state index >= 15 is 0 Å². The quantitative estimate of drug-likeness (QED) is 0.789. The molecule has 3 aromatic rings. The number of amides is 1. The average Bonchev–Trinajstić information content (AvgIpc) is 3.04. The molecule has 0 spiro atoms. The van der Waals surface area contributed by atoms with Crippen LogP contribution in [0.4, 0.5) is 10.2 Å². The number of aryl methyl sites for hydroxylation is 2. The van der Waals surface area contributed by atoms with Crippen LogP contribution in [-0.2, 0) is 13.6 Å². The van der Waals surface area contributed by atoms with Crippen molar-refractivity contribution in [1.82, 2.24) is 19.6 Å². The van der Waals surface area contributed by atoms with Gasteiger partial charge >= 0.3 is 0 Å². The summed E-state index contributed by atoms with van der Waals surface area (Å²) in [6.45, 7) is 2.22. The van der Waals surface area contributed by atoms with Gasteiger partial charge in [-0.1, -0.05) is 23.7 Å². The van der Waals surface area contributed by atoms with Crippen LogP contribution >= 0.6 is 11.6 Å². The lowest BCUT2D eigenvalue weighted by molar-refractivity contribution is 0.101. The molecule has 0 unspecified atom stereocenters. The van der Waals surface area contributed by atoms with Crippen LogP contribution in [0.2, 0.25) is 5.02 Å². The van der Waals surface area contributed by atoms with Gasteiger partial charge in [-0.3, -0.25) is 14.2 Å². The van der Waals surface area contributed by atoms with Crippen LogP contribution in [0.5, 0.6) is 0 Å². The van der Waals surface area contributed by atoms with Crippen molar-refractivity contribution in [2.75, 3.05) is 5.32 Å². The fourth-order valence-electron chi connectivity index (χ4n) is 2.33. The number of carbonyl (C=O) groups excluding carboxylic acids is 1. The van der Waals surface area contributed by atoms with Crippen LogP contribution < -0.4 is 5.32 Å². The Morgan fingerprint density at radius 1 is 1.29 bits per heavy atom. The number of nitrogens with zero attached hydrogens (tertiary/aromatic N) is 4. The Bertz CT molecular complexity index is 885. The van der Waals surface area contributed by atoms with Crippen molar-refractivity contribution < 1.29 is 9.18 Å². The van der Waals surface area contributed by atoms with Crippen molar-refractivity contribution in [3.63, 3.8) is 0 Å². The summed E-state index contributed by atoms with van der Waals surface area (Å²) in [6.07, 6.45) is 1.61. The Labute approximate surface area is 142 Å². The molecule has 3 rings (SSSR count). The van der Waals surface area contributed by atoms with Crippen molar-refractivity contribution >= 4 is 23.3 Å². The van der Waals surface area contributed by atoms with Gasteiger partial charge in [0.1, 0.15) is 16.5 Å². The third-order valence-electron chi connectivity index (χ3n) is 3.44. The third kappa shape index (κ3) is 3.46. The van der Waals surface area contributed by atoms with Gasteiger partial charge in [-0.15, -0.1) is 0 Å². The summed E-state index contributed by atoms with van der Waals surface area (Å²) in [5.41, 5.74) is 2.03. The second-order valence-electron chi connectivity index (χ2n) is 5.40. The molecule has 0 aliphatic heterocycles. The first-order valence-corrected chi connectivity index (χ1v) is 7.59. The molecular weight excluding hydrogens is 333 g/mol. The summed E-state index contributed by atoms with van der Waals surface area (Å²) in [5, 5.41) is 11.4. The first-order chi connectivity index (χ1) is 11.4. The van der Waals surface area contributed by atoms with E-state index in [4.69, 9.17) is 11.6 Å². The second kappa shape index (κ2) is 6.45. The highest BCUT2D eigenvalue weighted by Crippen LogP contribution is 2.21. The summed E-state index contributed by atoms with van der Waals surface area (Å²) >= 11 is 6.13. The molecule has 24 heavy (non-hydrogen) atoms. The maximum absolute atomic E-state index is 12.9. The predicted molar refractivity (Wildman–Crippen MR) is 88.6 cm³/mol. The summed E-state index contributed by atoms with van der Waals surface area (Å²) < 4.78 is 16.0. The molecule has 2 heterocycles. The molecule has 124 valence electrons. The van der Waals surface area contributed by atoms with E-state index in [2.05, 4.69) is 15.5 Å². The number of hydrogen-bond donors (Lipinski definition) is 1. The highest BCUT2D eigenvalue weighted by molar-refractivity contribution is 6.33. The molecule has 6 nitrogen and oxygen atoms in total. The van der Waals surface area contributed by atoms with Gasteiger partial charge in [-0.25, -0.2) is 4.39 Å². The number of anilines is 1. The number of rotatable bonds is 4. The van der Waals surface area contributed by atoms with Crippen molar-refractivity contribution in [1.29, 1.82) is 0 Å². The van der Waals surface area contributed by atoms with Gasteiger partial charge in [0.05, 0.1) is 12.2 Å². The van der Waals surface area contributed by atoms with E-state index in [1.807, 2.05) is 0 Å². The minimum absolute atomic E-state index is 0.266. The maximum Gasteiger partial charge on any atom is 0.275 e. The van der Waals surface area contributed by atoms with Gasteiger partial charge in [0.25, 0.3) is 5.91 Å². The van der Waals surface area contributed by atoms with Gasteiger partial charge in [-0.05, 0) is 30.7 Å². The van der Waals surface area contributed by atoms with Crippen molar-refractivity contribution in [2.24, 2.45) is 7.05 Å². The van der Waals surface area contributed by atoms with E-state index in [0.29, 0.717) is 17.3 Å². The van der Waals surface area contributed by atoms with E-state index in [1.54, 1.807) is 43.0 Å². The molecule has 0 saturated carbocycles. The highest BCUT2D eigenvalue weighted by Gasteiger charge is 2.16. The summed E-state index contributed by atoms with van der Waals surface area (Å²) in [4.78, 5) is 12.3. The fourth-order valence-corrected chi connectivity index (χ4v) is 2.53. The van der Waals surface area contributed by atoms with Crippen LogP contribution in [-0.4, -0.2) is 25.5 Å². The number of carbonyl (C=O) groups is 1. The first-order valence-electron chi connectivity index (χ1n) is 7.22. The molecule has 8 heteroatoms. The fraction of sp³-hybridized carbons (Fsp3) is 0.188. The largest absolute Gasteiger partial charge is 0.302 e. The molecule has 2 aromatic heterocycles. The molecule has 0 atom stereocenters. The number of nitrogens with one attached hydrogen (secondary N) is 1. The Balaban J connectivity index is 1.75. The van der Waals surface area contributed by atoms with Gasteiger partial charge < -0.3 is 5.32 Å². The number of halogens is 2. The molecule has 0 bridgehead atoms. The summed E-state index contributed by atoms with van der Waals surface area (Å²) in [6, 6.07) is 7.78. The monoisotopic (exact) mass is 347 g/mol. The van der Waals surface area contributed by atoms with Crippen LogP contribution in [0.15, 0.2) is 36.5 Å². The smallest absolute Gasteiger partial charge is 0.275 e. The van der Waals surface area contributed by atoms with Crippen LogP contribution in [0.25, 0.3) is 0 Å². The first kappa shape index (κ1) is 16.2. The molecular formula is C16H15ClFN5O. The zero-order chi connectivity index (χ0) is 17.3. The Morgan fingerprint density at radius 3 is 2.62 bits per heavy atom. The maximum atomic E-state index is 12.9. The SMILES string of the molecule is Cc1cc(C(=O)Nc2nn(Cc3ccc(F)cc3)cc2Cl)n(C)n1. The average molecular weight is 348 g/mol. The Morgan fingerprint density at radius 2 is 2.00 bits per heavy atom. The predicted octanol–water partition coefficient (Wildman–Crippen LogP) is 3.02. The van der Waals surface area contributed by atoms with Gasteiger partial charge in [0.2, 0.25) is 0 Å². The third-order valence-corrected chi connectivity index (χ3v) is 3.72. The second-order valence-corrected chi connectivity index (χ2v) is 5.81. The topological polar surface area (TPSA) is 64.7 Å². The molecule has 0 radical (unpaired) electrons. The standard InChI is InChI=1S/C16H15ClFN5O/c1-10-7-14(22(2)20-10)16(24)19-15-13(17)9-23(21-15)8-11-3-5-12(18)6-4-11/h3-7,9H,8H2,1-2H3,(H,19,21,24). The van der Waals surface area contributed by atoms with Crippen molar-refractivity contribution in [3.05, 3.63) is 64.3 Å². The van der Waals surface area contributed by atoms with Crippen molar-refractivity contribution in [2.45, 2.75) is 13.5 Å². The zero-order valence-corrected chi connectivity index (χ0v) is 13.9. The molecule has 0 fully saturated rings. The number of aromatic nitrogens is 4. The van der Waals surface area contributed by atoms with E-state index in [0.717, 1.165) is 11.3 Å². The summed E-state index contributed by atoms with van der Waals surface area (Å²) in [7, 11) is 1.69. The van der Waals surface area contributed by atoms with Gasteiger partial charge in [0.15, 0.2) is 5.82 Å².